The Kier molecular flexibility index (Phi) is 6.93. The molecule has 0 N–H and O–H groups in total. The Morgan fingerprint density at radius 2 is 1.85 bits per heavy atom. The summed E-state index contributed by atoms with van der Waals surface area (Å²) < 4.78 is 5.98. The number of benzene rings is 1. The Morgan fingerprint density at radius 1 is 1.09 bits per heavy atom. The van der Waals surface area contributed by atoms with E-state index in [0.717, 1.165) is 74.0 Å². The van der Waals surface area contributed by atoms with Crippen molar-refractivity contribution in [2.24, 2.45) is 17.8 Å². The van der Waals surface area contributed by atoms with Crippen LogP contribution in [0.5, 0.6) is 5.75 Å². The molecule has 176 valence electrons. The van der Waals surface area contributed by atoms with E-state index >= 15 is 0 Å². The molecule has 3 heterocycles. The van der Waals surface area contributed by atoms with Crippen molar-refractivity contribution in [2.45, 2.75) is 38.5 Å². The smallest absolute Gasteiger partial charge is 0.227 e. The maximum atomic E-state index is 12.2. The van der Waals surface area contributed by atoms with Gasteiger partial charge in [-0.1, -0.05) is 29.3 Å². The summed E-state index contributed by atoms with van der Waals surface area (Å²) in [5.41, 5.74) is 0.874. The minimum Gasteiger partial charge on any atom is -0.494 e. The summed E-state index contributed by atoms with van der Waals surface area (Å²) in [5.74, 6) is 4.10. The molecule has 0 unspecified atom stereocenters. The third-order valence-electron chi connectivity index (χ3n) is 7.34. The average molecular weight is 489 g/mol. The van der Waals surface area contributed by atoms with Crippen LogP contribution in [-0.2, 0) is 11.2 Å². The van der Waals surface area contributed by atoms with Crippen LogP contribution in [0.3, 0.4) is 0 Å². The summed E-state index contributed by atoms with van der Waals surface area (Å²) in [5, 5.41) is 1.19. The minimum absolute atomic E-state index is 0.156. The van der Waals surface area contributed by atoms with E-state index in [0.29, 0.717) is 23.1 Å². The lowest BCUT2D eigenvalue weighted by Gasteiger charge is -2.32. The molecule has 1 aromatic heterocycles. The van der Waals surface area contributed by atoms with E-state index in [9.17, 15) is 4.79 Å². The Morgan fingerprint density at radius 3 is 2.52 bits per heavy atom. The number of hydrogen-bond donors (Lipinski definition) is 0. The molecular weight excluding hydrogens is 459 g/mol. The molecule has 1 amide bonds. The lowest BCUT2D eigenvalue weighted by atomic mass is 9.90. The molecule has 0 spiro atoms. The highest BCUT2D eigenvalue weighted by Crippen LogP contribution is 2.49. The highest BCUT2D eigenvalue weighted by atomic mass is 35.5. The van der Waals surface area contributed by atoms with Crippen molar-refractivity contribution in [3.05, 3.63) is 46.2 Å². The van der Waals surface area contributed by atoms with E-state index in [1.54, 1.807) is 12.4 Å². The van der Waals surface area contributed by atoms with E-state index < -0.39 is 0 Å². The predicted octanol–water partition coefficient (Wildman–Crippen LogP) is 4.88. The van der Waals surface area contributed by atoms with Crippen LogP contribution in [0.2, 0.25) is 10.0 Å². The second-order valence-electron chi connectivity index (χ2n) is 9.49. The molecule has 6 nitrogen and oxygen atoms in total. The molecule has 2 aliphatic heterocycles. The summed E-state index contributed by atoms with van der Waals surface area (Å²) in [7, 11) is 0. The molecule has 5 rings (SSSR count). The van der Waals surface area contributed by atoms with Gasteiger partial charge in [0.05, 0.1) is 30.4 Å². The van der Waals surface area contributed by atoms with Crippen molar-refractivity contribution in [1.29, 1.82) is 0 Å². The second kappa shape index (κ2) is 10.1. The van der Waals surface area contributed by atoms with Gasteiger partial charge in [-0.15, -0.1) is 0 Å². The van der Waals surface area contributed by atoms with Gasteiger partial charge in [0.15, 0.2) is 0 Å². The van der Waals surface area contributed by atoms with E-state index in [-0.39, 0.29) is 5.91 Å². The predicted molar refractivity (Wildman–Crippen MR) is 130 cm³/mol. The van der Waals surface area contributed by atoms with E-state index in [1.807, 2.05) is 23.1 Å². The molecule has 33 heavy (non-hydrogen) atoms. The maximum Gasteiger partial charge on any atom is 0.227 e. The molecule has 2 saturated heterocycles. The standard InChI is InChI=1S/C25H30Cl2N4O2/c26-20-15-28-25(29-16-20)31-9-4-17(5-10-31)22-12-18(22)6-11-33-21-3-2-19(23(27)14-21)13-24(32)30-7-1-8-30/h2-3,14-18,22H,1,4-13H2/t18-,22-/m1/s1. The van der Waals surface area contributed by atoms with Crippen LogP contribution in [0.15, 0.2) is 30.6 Å². The van der Waals surface area contributed by atoms with Crippen molar-refractivity contribution < 1.29 is 9.53 Å². The lowest BCUT2D eigenvalue weighted by Crippen LogP contribution is -2.42. The van der Waals surface area contributed by atoms with Crippen LogP contribution in [0.4, 0.5) is 5.95 Å². The Balaban J connectivity index is 1.02. The number of hydrogen-bond acceptors (Lipinski definition) is 5. The molecule has 3 aliphatic rings. The minimum atomic E-state index is 0.156. The molecule has 8 heteroatoms. The van der Waals surface area contributed by atoms with E-state index in [4.69, 9.17) is 27.9 Å². The van der Waals surface area contributed by atoms with Gasteiger partial charge >= 0.3 is 0 Å². The number of halogens is 2. The van der Waals surface area contributed by atoms with Crippen LogP contribution in [0.25, 0.3) is 0 Å². The largest absolute Gasteiger partial charge is 0.494 e. The molecular formula is C25H30Cl2N4O2. The third kappa shape index (κ3) is 5.55. The van der Waals surface area contributed by atoms with Gasteiger partial charge in [-0.2, -0.15) is 0 Å². The fourth-order valence-corrected chi connectivity index (χ4v) is 5.44. The number of carbonyl (C=O) groups excluding carboxylic acids is 1. The van der Waals surface area contributed by atoms with Gasteiger partial charge in [0.2, 0.25) is 11.9 Å². The molecule has 2 atom stereocenters. The van der Waals surface area contributed by atoms with E-state index in [2.05, 4.69) is 14.9 Å². The third-order valence-corrected chi connectivity index (χ3v) is 7.89. The van der Waals surface area contributed by atoms with Crippen molar-refractivity contribution in [3.8, 4) is 5.75 Å². The summed E-state index contributed by atoms with van der Waals surface area (Å²) >= 11 is 12.3. The van der Waals surface area contributed by atoms with E-state index in [1.165, 1.54) is 19.3 Å². The molecule has 1 aromatic carbocycles. The highest BCUT2D eigenvalue weighted by molar-refractivity contribution is 6.31. The zero-order valence-electron chi connectivity index (χ0n) is 18.8. The summed E-state index contributed by atoms with van der Waals surface area (Å²) in [6.07, 6.45) is 9.59. The van der Waals surface area contributed by atoms with Gasteiger partial charge in [0.25, 0.3) is 0 Å². The first kappa shape index (κ1) is 22.7. The van der Waals surface area contributed by atoms with Crippen LogP contribution >= 0.6 is 23.2 Å². The molecule has 3 fully saturated rings. The summed E-state index contributed by atoms with van der Waals surface area (Å²) in [6.45, 7) is 4.47. The number of ether oxygens (including phenoxy) is 1. The quantitative estimate of drug-likeness (QED) is 0.529. The van der Waals surface area contributed by atoms with Gasteiger partial charge in [0, 0.05) is 31.2 Å². The van der Waals surface area contributed by atoms with Gasteiger partial charge in [-0.25, -0.2) is 9.97 Å². The van der Waals surface area contributed by atoms with Crippen LogP contribution in [0, 0.1) is 17.8 Å². The molecule has 0 radical (unpaired) electrons. The van der Waals surface area contributed by atoms with Crippen LogP contribution in [0.1, 0.15) is 37.7 Å². The fraction of sp³-hybridized carbons (Fsp3) is 0.560. The van der Waals surface area contributed by atoms with Crippen molar-refractivity contribution in [1.82, 2.24) is 14.9 Å². The Hall–Kier alpha value is -2.05. The van der Waals surface area contributed by atoms with Gasteiger partial charge in [-0.3, -0.25) is 4.79 Å². The number of amides is 1. The second-order valence-corrected chi connectivity index (χ2v) is 10.3. The zero-order valence-corrected chi connectivity index (χ0v) is 20.3. The maximum absolute atomic E-state index is 12.2. The van der Waals surface area contributed by atoms with Crippen LogP contribution in [-0.4, -0.2) is 53.6 Å². The number of aromatic nitrogens is 2. The number of rotatable bonds is 8. The van der Waals surface area contributed by atoms with Crippen molar-refractivity contribution in [3.63, 3.8) is 0 Å². The first-order valence-corrected chi connectivity index (χ1v) is 12.7. The number of nitrogens with zero attached hydrogens (tertiary/aromatic N) is 4. The first-order valence-electron chi connectivity index (χ1n) is 12.0. The van der Waals surface area contributed by atoms with Gasteiger partial charge in [0.1, 0.15) is 5.75 Å². The number of anilines is 1. The molecule has 1 aliphatic carbocycles. The number of likely N-dealkylation sites (tertiary alicyclic amines) is 1. The Labute approximate surface area is 205 Å². The number of carbonyl (C=O) groups is 1. The van der Waals surface area contributed by atoms with Crippen LogP contribution < -0.4 is 9.64 Å². The molecule has 0 bridgehead atoms. The number of piperidine rings is 1. The first-order chi connectivity index (χ1) is 16.1. The highest BCUT2D eigenvalue weighted by Gasteiger charge is 2.43. The fourth-order valence-electron chi connectivity index (χ4n) is 5.11. The SMILES string of the molecule is O=C(Cc1ccc(OCC[C@@H]2C[C@@H]2C2CCN(c3ncc(Cl)cn3)CC2)cc1Cl)N1CCC1. The van der Waals surface area contributed by atoms with Gasteiger partial charge in [-0.05, 0) is 67.6 Å². The van der Waals surface area contributed by atoms with Gasteiger partial charge < -0.3 is 14.5 Å². The Bertz CT molecular complexity index is 975. The molecule has 1 saturated carbocycles. The molecule has 2 aromatic rings. The lowest BCUT2D eigenvalue weighted by molar-refractivity contribution is -0.133. The summed E-state index contributed by atoms with van der Waals surface area (Å²) in [6, 6.07) is 5.70. The van der Waals surface area contributed by atoms with Crippen molar-refractivity contribution >= 4 is 35.1 Å². The van der Waals surface area contributed by atoms with Crippen molar-refractivity contribution in [2.75, 3.05) is 37.7 Å². The topological polar surface area (TPSA) is 58.6 Å². The summed E-state index contributed by atoms with van der Waals surface area (Å²) in [4.78, 5) is 25.0. The average Bonchev–Trinajstić information content (AvgIpc) is 3.55. The zero-order chi connectivity index (χ0) is 22.8. The normalized spacial score (nSPS) is 22.7. The monoisotopic (exact) mass is 488 g/mol.